The molecule has 0 saturated carbocycles. The van der Waals surface area contributed by atoms with E-state index < -0.39 is 0 Å². The van der Waals surface area contributed by atoms with Gasteiger partial charge in [0.05, 0.1) is 12.2 Å². The minimum atomic E-state index is -0.343. The van der Waals surface area contributed by atoms with Gasteiger partial charge in [-0.2, -0.15) is 0 Å². The summed E-state index contributed by atoms with van der Waals surface area (Å²) in [7, 11) is 0. The van der Waals surface area contributed by atoms with Crippen molar-refractivity contribution in [3.05, 3.63) is 113 Å². The fourth-order valence-corrected chi connectivity index (χ4v) is 3.80. The van der Waals surface area contributed by atoms with Gasteiger partial charge in [-0.25, -0.2) is 4.79 Å². The highest BCUT2D eigenvalue weighted by Crippen LogP contribution is 2.40. The first kappa shape index (κ1) is 21.7. The average Bonchev–Trinajstić information content (AvgIpc) is 2.84. The first-order valence-corrected chi connectivity index (χ1v) is 10.9. The molecule has 0 saturated heterocycles. The number of esters is 1. The number of carbonyl (C=O) groups is 1. The van der Waals surface area contributed by atoms with Gasteiger partial charge >= 0.3 is 5.97 Å². The molecule has 0 aromatic heterocycles. The van der Waals surface area contributed by atoms with Crippen LogP contribution < -0.4 is 4.74 Å². The third-order valence-corrected chi connectivity index (χ3v) is 5.34. The van der Waals surface area contributed by atoms with E-state index in [9.17, 15) is 4.79 Å². The SMILES string of the molecule is CCOC(=O)c1ccccc1-c1ccccc1-c1cc(Cl)ccc1OCc1ccccc1. The Hall–Kier alpha value is -3.56. The van der Waals surface area contributed by atoms with Crippen LogP contribution in [0.3, 0.4) is 0 Å². The van der Waals surface area contributed by atoms with Crippen molar-refractivity contribution in [2.75, 3.05) is 6.61 Å². The van der Waals surface area contributed by atoms with Crippen molar-refractivity contribution < 1.29 is 14.3 Å². The maximum Gasteiger partial charge on any atom is 0.338 e. The van der Waals surface area contributed by atoms with Gasteiger partial charge in [0.15, 0.2) is 0 Å². The molecule has 0 N–H and O–H groups in total. The van der Waals surface area contributed by atoms with Crippen LogP contribution in [0.5, 0.6) is 5.75 Å². The zero-order valence-corrected chi connectivity index (χ0v) is 18.5. The van der Waals surface area contributed by atoms with Gasteiger partial charge in [-0.1, -0.05) is 84.4 Å². The van der Waals surface area contributed by atoms with Crippen LogP contribution in [0.1, 0.15) is 22.8 Å². The van der Waals surface area contributed by atoms with E-state index in [1.165, 1.54) is 0 Å². The summed E-state index contributed by atoms with van der Waals surface area (Å²) in [5, 5.41) is 0.612. The van der Waals surface area contributed by atoms with E-state index in [4.69, 9.17) is 21.1 Å². The highest BCUT2D eigenvalue weighted by molar-refractivity contribution is 6.31. The highest BCUT2D eigenvalue weighted by atomic mass is 35.5. The lowest BCUT2D eigenvalue weighted by Crippen LogP contribution is -2.06. The fourth-order valence-electron chi connectivity index (χ4n) is 3.63. The third kappa shape index (κ3) is 4.84. The minimum Gasteiger partial charge on any atom is -0.488 e. The van der Waals surface area contributed by atoms with E-state index in [-0.39, 0.29) is 5.97 Å². The topological polar surface area (TPSA) is 35.5 Å². The van der Waals surface area contributed by atoms with E-state index >= 15 is 0 Å². The molecule has 0 amide bonds. The van der Waals surface area contributed by atoms with Crippen LogP contribution in [-0.4, -0.2) is 12.6 Å². The Morgan fingerprint density at radius 1 is 0.750 bits per heavy atom. The van der Waals surface area contributed by atoms with Crippen LogP contribution in [0.2, 0.25) is 5.02 Å². The maximum absolute atomic E-state index is 12.6. The summed E-state index contributed by atoms with van der Waals surface area (Å²) < 4.78 is 11.5. The van der Waals surface area contributed by atoms with E-state index in [2.05, 4.69) is 0 Å². The lowest BCUT2D eigenvalue weighted by Gasteiger charge is -2.17. The van der Waals surface area contributed by atoms with Crippen molar-refractivity contribution in [2.24, 2.45) is 0 Å². The van der Waals surface area contributed by atoms with Gasteiger partial charge in [0.1, 0.15) is 12.4 Å². The molecule has 3 nitrogen and oxygen atoms in total. The van der Waals surface area contributed by atoms with Gasteiger partial charge in [0.2, 0.25) is 0 Å². The van der Waals surface area contributed by atoms with Gasteiger partial charge < -0.3 is 9.47 Å². The Morgan fingerprint density at radius 2 is 1.38 bits per heavy atom. The molecule has 160 valence electrons. The molecule has 4 rings (SSSR count). The van der Waals surface area contributed by atoms with Crippen molar-refractivity contribution in [1.29, 1.82) is 0 Å². The molecule has 4 aromatic carbocycles. The summed E-state index contributed by atoms with van der Waals surface area (Å²) in [6.07, 6.45) is 0. The summed E-state index contributed by atoms with van der Waals surface area (Å²) >= 11 is 6.38. The van der Waals surface area contributed by atoms with Crippen LogP contribution in [0.15, 0.2) is 97.1 Å². The second-order valence-electron chi connectivity index (χ2n) is 7.23. The van der Waals surface area contributed by atoms with Crippen molar-refractivity contribution in [1.82, 2.24) is 0 Å². The van der Waals surface area contributed by atoms with E-state index in [0.29, 0.717) is 23.8 Å². The average molecular weight is 443 g/mol. The molecule has 32 heavy (non-hydrogen) atoms. The van der Waals surface area contributed by atoms with Gasteiger partial charge in [-0.3, -0.25) is 0 Å². The number of carbonyl (C=O) groups excluding carboxylic acids is 1. The van der Waals surface area contributed by atoms with Crippen LogP contribution in [0, 0.1) is 0 Å². The Labute approximate surface area is 193 Å². The summed E-state index contributed by atoms with van der Waals surface area (Å²) in [6.45, 7) is 2.56. The van der Waals surface area contributed by atoms with Crippen molar-refractivity contribution in [3.63, 3.8) is 0 Å². The quantitative estimate of drug-likeness (QED) is 0.279. The molecular weight excluding hydrogens is 420 g/mol. The molecule has 0 spiro atoms. The molecule has 0 aliphatic heterocycles. The van der Waals surface area contributed by atoms with Gasteiger partial charge in [-0.15, -0.1) is 0 Å². The summed E-state index contributed by atoms with van der Waals surface area (Å²) in [6, 6.07) is 31.0. The number of benzene rings is 4. The molecule has 0 aliphatic rings. The second kappa shape index (κ2) is 10.2. The zero-order chi connectivity index (χ0) is 22.3. The molecule has 0 heterocycles. The molecule has 0 atom stereocenters. The molecule has 0 fully saturated rings. The van der Waals surface area contributed by atoms with Gasteiger partial charge in [0, 0.05) is 10.6 Å². The fraction of sp³-hybridized carbons (Fsp3) is 0.107. The molecule has 0 aliphatic carbocycles. The molecule has 0 radical (unpaired) electrons. The molecule has 0 unspecified atom stereocenters. The van der Waals surface area contributed by atoms with Crippen molar-refractivity contribution in [2.45, 2.75) is 13.5 Å². The van der Waals surface area contributed by atoms with Crippen LogP contribution >= 0.6 is 11.6 Å². The number of hydrogen-bond acceptors (Lipinski definition) is 3. The highest BCUT2D eigenvalue weighted by Gasteiger charge is 2.18. The monoisotopic (exact) mass is 442 g/mol. The zero-order valence-electron chi connectivity index (χ0n) is 17.8. The lowest BCUT2D eigenvalue weighted by molar-refractivity contribution is 0.0527. The Morgan fingerprint density at radius 3 is 2.09 bits per heavy atom. The minimum absolute atomic E-state index is 0.320. The number of ether oxygens (including phenoxy) is 2. The van der Waals surface area contributed by atoms with E-state index in [1.807, 2.05) is 91.0 Å². The van der Waals surface area contributed by atoms with Crippen molar-refractivity contribution >= 4 is 17.6 Å². The molecular formula is C28H23ClO3. The second-order valence-corrected chi connectivity index (χ2v) is 7.66. The largest absolute Gasteiger partial charge is 0.488 e. The summed E-state index contributed by atoms with van der Waals surface area (Å²) in [5.74, 6) is 0.379. The summed E-state index contributed by atoms with van der Waals surface area (Å²) in [4.78, 5) is 12.6. The van der Waals surface area contributed by atoms with Crippen LogP contribution in [0.25, 0.3) is 22.3 Å². The number of halogens is 1. The third-order valence-electron chi connectivity index (χ3n) is 5.11. The first-order chi connectivity index (χ1) is 15.7. The lowest BCUT2D eigenvalue weighted by atomic mass is 9.91. The van der Waals surface area contributed by atoms with Crippen LogP contribution in [0.4, 0.5) is 0 Å². The van der Waals surface area contributed by atoms with Gasteiger partial charge in [0.25, 0.3) is 0 Å². The number of rotatable bonds is 7. The predicted molar refractivity (Wildman–Crippen MR) is 129 cm³/mol. The maximum atomic E-state index is 12.6. The molecule has 4 heteroatoms. The van der Waals surface area contributed by atoms with E-state index in [0.717, 1.165) is 33.6 Å². The Kier molecular flexibility index (Phi) is 6.88. The Balaban J connectivity index is 1.79. The first-order valence-electron chi connectivity index (χ1n) is 10.5. The normalized spacial score (nSPS) is 10.6. The number of hydrogen-bond donors (Lipinski definition) is 0. The standard InChI is InChI=1S/C28H23ClO3/c1-2-31-28(30)25-15-9-8-13-23(25)22-12-6-7-14-24(22)26-18-21(29)16-17-27(26)32-19-20-10-4-3-5-11-20/h3-18H,2,19H2,1H3. The van der Waals surface area contributed by atoms with Gasteiger partial charge in [-0.05, 0) is 53.4 Å². The van der Waals surface area contributed by atoms with Crippen molar-refractivity contribution in [3.8, 4) is 28.0 Å². The molecule has 0 bridgehead atoms. The summed E-state index contributed by atoms with van der Waals surface area (Å²) in [5.41, 5.74) is 5.10. The smallest absolute Gasteiger partial charge is 0.338 e. The van der Waals surface area contributed by atoms with E-state index in [1.54, 1.807) is 13.0 Å². The molecule has 4 aromatic rings. The van der Waals surface area contributed by atoms with Crippen LogP contribution in [-0.2, 0) is 11.3 Å². The Bertz CT molecular complexity index is 1220. The predicted octanol–water partition coefficient (Wildman–Crippen LogP) is 7.43.